The standard InChI is InChI=1S/C20H28N4O3/c1-22-15-20(27-19(22)26)7-5-12-23(13-8-20)17-14-16(6-9-21-17)18(25)24-10-3-2-4-11-24/h6,9,14H,2-5,7-8,10-13,15H2,1H3. The predicted octanol–water partition coefficient (Wildman–Crippen LogP) is 2.52. The number of pyridine rings is 1. The smallest absolute Gasteiger partial charge is 0.410 e. The molecule has 7 heteroatoms. The highest BCUT2D eigenvalue weighted by molar-refractivity contribution is 5.94. The van der Waals surface area contributed by atoms with Crippen LogP contribution >= 0.6 is 0 Å². The number of rotatable bonds is 2. The van der Waals surface area contributed by atoms with Crippen LogP contribution in [-0.4, -0.2) is 72.2 Å². The summed E-state index contributed by atoms with van der Waals surface area (Å²) in [6, 6.07) is 3.73. The SMILES string of the molecule is CN1CC2(CCCN(c3cc(C(=O)N4CCCCC4)ccn3)CC2)OC1=O. The first kappa shape index (κ1) is 18.1. The number of likely N-dealkylation sites (N-methyl/N-ethyl adjacent to an activating group) is 1. The topological polar surface area (TPSA) is 66.0 Å². The summed E-state index contributed by atoms with van der Waals surface area (Å²) in [6.45, 7) is 3.98. The van der Waals surface area contributed by atoms with Crippen LogP contribution in [0.25, 0.3) is 0 Å². The van der Waals surface area contributed by atoms with Crippen molar-refractivity contribution in [2.75, 3.05) is 44.7 Å². The van der Waals surface area contributed by atoms with E-state index in [9.17, 15) is 9.59 Å². The van der Waals surface area contributed by atoms with Crippen LogP contribution in [0.5, 0.6) is 0 Å². The van der Waals surface area contributed by atoms with E-state index < -0.39 is 0 Å². The van der Waals surface area contributed by atoms with Crippen LogP contribution in [0.3, 0.4) is 0 Å². The molecule has 3 saturated heterocycles. The van der Waals surface area contributed by atoms with E-state index >= 15 is 0 Å². The van der Waals surface area contributed by atoms with E-state index in [-0.39, 0.29) is 17.6 Å². The zero-order valence-electron chi connectivity index (χ0n) is 16.0. The summed E-state index contributed by atoms with van der Waals surface area (Å²) in [7, 11) is 1.79. The molecule has 27 heavy (non-hydrogen) atoms. The van der Waals surface area contributed by atoms with Gasteiger partial charge in [-0.3, -0.25) is 4.79 Å². The van der Waals surface area contributed by atoms with Crippen molar-refractivity contribution >= 4 is 17.8 Å². The Labute approximate surface area is 160 Å². The number of ether oxygens (including phenoxy) is 1. The number of likely N-dealkylation sites (tertiary alicyclic amines) is 1. The van der Waals surface area contributed by atoms with Crippen molar-refractivity contribution in [1.82, 2.24) is 14.8 Å². The van der Waals surface area contributed by atoms with Gasteiger partial charge >= 0.3 is 6.09 Å². The van der Waals surface area contributed by atoms with Gasteiger partial charge in [0.05, 0.1) is 6.54 Å². The van der Waals surface area contributed by atoms with Crippen LogP contribution in [0.15, 0.2) is 18.3 Å². The number of hydrogen-bond acceptors (Lipinski definition) is 5. The largest absolute Gasteiger partial charge is 0.441 e. The Morgan fingerprint density at radius 1 is 1.11 bits per heavy atom. The molecule has 0 radical (unpaired) electrons. The number of anilines is 1. The molecular weight excluding hydrogens is 344 g/mol. The van der Waals surface area contributed by atoms with Crippen molar-refractivity contribution in [2.45, 2.75) is 44.1 Å². The number of aromatic nitrogens is 1. The Hall–Kier alpha value is -2.31. The van der Waals surface area contributed by atoms with Gasteiger partial charge in [0.25, 0.3) is 5.91 Å². The van der Waals surface area contributed by atoms with Gasteiger partial charge in [-0.05, 0) is 44.2 Å². The van der Waals surface area contributed by atoms with Crippen LogP contribution in [0.4, 0.5) is 10.6 Å². The average molecular weight is 372 g/mol. The first-order valence-electron chi connectivity index (χ1n) is 10.0. The Morgan fingerprint density at radius 3 is 2.67 bits per heavy atom. The molecule has 1 aromatic rings. The van der Waals surface area contributed by atoms with Crippen molar-refractivity contribution in [3.05, 3.63) is 23.9 Å². The van der Waals surface area contributed by atoms with E-state index in [0.717, 1.165) is 64.1 Å². The minimum absolute atomic E-state index is 0.107. The number of amides is 2. The molecule has 3 fully saturated rings. The van der Waals surface area contributed by atoms with E-state index in [1.165, 1.54) is 6.42 Å². The number of nitrogens with zero attached hydrogens (tertiary/aromatic N) is 4. The van der Waals surface area contributed by atoms with E-state index in [0.29, 0.717) is 12.1 Å². The van der Waals surface area contributed by atoms with Gasteiger partial charge in [-0.15, -0.1) is 0 Å². The molecule has 1 unspecified atom stereocenters. The molecule has 0 aliphatic carbocycles. The summed E-state index contributed by atoms with van der Waals surface area (Å²) < 4.78 is 5.69. The minimum Gasteiger partial charge on any atom is -0.441 e. The average Bonchev–Trinajstić information content (AvgIpc) is 2.85. The third-order valence-electron chi connectivity index (χ3n) is 6.00. The quantitative estimate of drug-likeness (QED) is 0.798. The van der Waals surface area contributed by atoms with E-state index in [1.54, 1.807) is 18.1 Å². The maximum absolute atomic E-state index is 12.8. The van der Waals surface area contributed by atoms with E-state index in [4.69, 9.17) is 4.74 Å². The molecule has 0 aromatic carbocycles. The third kappa shape index (κ3) is 3.73. The van der Waals surface area contributed by atoms with Crippen molar-refractivity contribution in [2.24, 2.45) is 0 Å². The molecule has 0 saturated carbocycles. The lowest BCUT2D eigenvalue weighted by Gasteiger charge is -2.28. The number of hydrogen-bond donors (Lipinski definition) is 0. The van der Waals surface area contributed by atoms with Crippen molar-refractivity contribution < 1.29 is 14.3 Å². The molecule has 3 aliphatic heterocycles. The van der Waals surface area contributed by atoms with Crippen LogP contribution in [-0.2, 0) is 4.74 Å². The zero-order chi connectivity index (χ0) is 18.9. The van der Waals surface area contributed by atoms with Gasteiger partial charge in [-0.1, -0.05) is 0 Å². The van der Waals surface area contributed by atoms with Crippen LogP contribution in [0, 0.1) is 0 Å². The molecule has 1 atom stereocenters. The van der Waals surface area contributed by atoms with Gasteiger partial charge in [0.15, 0.2) is 0 Å². The molecule has 2 amide bonds. The van der Waals surface area contributed by atoms with Gasteiger partial charge in [-0.25, -0.2) is 9.78 Å². The normalized spacial score (nSPS) is 26.3. The molecule has 146 valence electrons. The Balaban J connectivity index is 1.46. The van der Waals surface area contributed by atoms with Gasteiger partial charge in [0.1, 0.15) is 11.4 Å². The van der Waals surface area contributed by atoms with E-state index in [2.05, 4.69) is 9.88 Å². The fraction of sp³-hybridized carbons (Fsp3) is 0.650. The highest BCUT2D eigenvalue weighted by atomic mass is 16.6. The molecule has 4 rings (SSSR count). The lowest BCUT2D eigenvalue weighted by atomic mass is 9.95. The molecule has 0 N–H and O–H groups in total. The predicted molar refractivity (Wildman–Crippen MR) is 102 cm³/mol. The second-order valence-corrected chi connectivity index (χ2v) is 8.00. The summed E-state index contributed by atoms with van der Waals surface area (Å²) in [4.78, 5) is 35.0. The highest BCUT2D eigenvalue weighted by Crippen LogP contribution is 2.33. The summed E-state index contributed by atoms with van der Waals surface area (Å²) in [5.41, 5.74) is 0.342. The van der Waals surface area contributed by atoms with Crippen LogP contribution in [0.2, 0.25) is 0 Å². The molecule has 1 spiro atoms. The monoisotopic (exact) mass is 372 g/mol. The minimum atomic E-state index is -0.373. The van der Waals surface area contributed by atoms with E-state index in [1.807, 2.05) is 17.0 Å². The summed E-state index contributed by atoms with van der Waals surface area (Å²) in [6.07, 6.45) is 7.48. The number of carbonyl (C=O) groups is 2. The van der Waals surface area contributed by atoms with Crippen LogP contribution < -0.4 is 4.90 Å². The molecule has 0 bridgehead atoms. The maximum atomic E-state index is 12.8. The lowest BCUT2D eigenvalue weighted by Crippen LogP contribution is -2.36. The first-order valence-corrected chi connectivity index (χ1v) is 10.0. The molecule has 7 nitrogen and oxygen atoms in total. The molecule has 4 heterocycles. The summed E-state index contributed by atoms with van der Waals surface area (Å²) in [5.74, 6) is 0.948. The molecule has 1 aromatic heterocycles. The summed E-state index contributed by atoms with van der Waals surface area (Å²) >= 11 is 0. The number of piperidine rings is 1. The Morgan fingerprint density at radius 2 is 1.93 bits per heavy atom. The fourth-order valence-corrected chi connectivity index (χ4v) is 4.45. The highest BCUT2D eigenvalue weighted by Gasteiger charge is 2.44. The summed E-state index contributed by atoms with van der Waals surface area (Å²) in [5, 5.41) is 0. The van der Waals surface area contributed by atoms with Gasteiger partial charge in [0.2, 0.25) is 0 Å². The third-order valence-corrected chi connectivity index (χ3v) is 6.00. The molecule has 3 aliphatic rings. The van der Waals surface area contributed by atoms with Gasteiger partial charge in [0, 0.05) is 51.4 Å². The van der Waals surface area contributed by atoms with Crippen molar-refractivity contribution in [3.63, 3.8) is 0 Å². The van der Waals surface area contributed by atoms with Crippen molar-refractivity contribution in [3.8, 4) is 0 Å². The van der Waals surface area contributed by atoms with Crippen molar-refractivity contribution in [1.29, 1.82) is 0 Å². The second-order valence-electron chi connectivity index (χ2n) is 8.00. The Kier molecular flexibility index (Phi) is 4.93. The van der Waals surface area contributed by atoms with Gasteiger partial charge in [-0.2, -0.15) is 0 Å². The van der Waals surface area contributed by atoms with Crippen LogP contribution in [0.1, 0.15) is 48.9 Å². The Bertz CT molecular complexity index is 719. The lowest BCUT2D eigenvalue weighted by molar-refractivity contribution is 0.0472. The number of carbonyl (C=O) groups excluding carboxylic acids is 2. The maximum Gasteiger partial charge on any atom is 0.410 e. The van der Waals surface area contributed by atoms with Gasteiger partial charge < -0.3 is 19.4 Å². The molecular formula is C20H28N4O3. The first-order chi connectivity index (χ1) is 13.1. The zero-order valence-corrected chi connectivity index (χ0v) is 16.0. The second kappa shape index (κ2) is 7.37. The fourth-order valence-electron chi connectivity index (χ4n) is 4.45.